The number of nitrogens with zero attached hydrogens (tertiary/aromatic N) is 2. The fourth-order valence-electron chi connectivity index (χ4n) is 12.2. The Labute approximate surface area is 490 Å². The highest BCUT2D eigenvalue weighted by Crippen LogP contribution is 2.36. The molecule has 4 aliphatic heterocycles. The lowest BCUT2D eigenvalue weighted by Crippen LogP contribution is -2.59. The number of aliphatic hydroxyl groups excluding tert-OH is 2. The predicted molar refractivity (Wildman–Crippen MR) is 318 cm³/mol. The smallest absolute Gasteiger partial charge is 0.247 e. The molecule has 0 bridgehead atoms. The van der Waals surface area contributed by atoms with Crippen molar-refractivity contribution in [1.29, 1.82) is 0 Å². The van der Waals surface area contributed by atoms with Crippen LogP contribution in [0.2, 0.25) is 0 Å². The van der Waals surface area contributed by atoms with Gasteiger partial charge < -0.3 is 62.5 Å². The van der Waals surface area contributed by atoms with E-state index in [4.69, 9.17) is 0 Å². The highest BCUT2D eigenvalue weighted by atomic mass is 16.3. The summed E-state index contributed by atoms with van der Waals surface area (Å²) in [5.74, 6) is -4.20. The summed E-state index contributed by atoms with van der Waals surface area (Å²) >= 11 is 0. The van der Waals surface area contributed by atoms with Crippen molar-refractivity contribution in [2.24, 2.45) is 11.8 Å². The van der Waals surface area contributed by atoms with Crippen LogP contribution in [0.15, 0.2) is 91.1 Å². The molecule has 12 atom stereocenters. The van der Waals surface area contributed by atoms with Gasteiger partial charge in [0.1, 0.15) is 36.3 Å². The Morgan fingerprint density at radius 2 is 1.06 bits per heavy atom. The third-order valence-corrected chi connectivity index (χ3v) is 17.2. The van der Waals surface area contributed by atoms with E-state index in [2.05, 4.69) is 73.4 Å². The van der Waals surface area contributed by atoms with Gasteiger partial charge in [0.2, 0.25) is 47.3 Å². The maximum absolute atomic E-state index is 14.2. The fourth-order valence-corrected chi connectivity index (χ4v) is 12.2. The molecule has 0 spiro atoms. The van der Waals surface area contributed by atoms with Crippen molar-refractivity contribution in [2.45, 2.75) is 184 Å². The van der Waals surface area contributed by atoms with Crippen LogP contribution in [-0.4, -0.2) is 162 Å². The number of rotatable bonds is 30. The van der Waals surface area contributed by atoms with Crippen LogP contribution in [0.5, 0.6) is 0 Å². The van der Waals surface area contributed by atoms with E-state index in [1.807, 2.05) is 32.9 Å². The number of benzene rings is 2. The van der Waals surface area contributed by atoms with E-state index in [9.17, 15) is 48.6 Å². The van der Waals surface area contributed by atoms with Gasteiger partial charge in [0, 0.05) is 50.2 Å². The quantitative estimate of drug-likeness (QED) is 0.0400. The van der Waals surface area contributed by atoms with Gasteiger partial charge in [-0.15, -0.1) is 0 Å². The number of carbonyl (C=O) groups is 8. The highest BCUT2D eigenvalue weighted by molar-refractivity contribution is 5.98. The first-order valence-corrected chi connectivity index (χ1v) is 30.2. The number of aliphatic hydroxyl groups is 2. The van der Waals surface area contributed by atoms with E-state index >= 15 is 0 Å². The topological polar surface area (TPSA) is 280 Å². The molecule has 0 aliphatic carbocycles. The van der Waals surface area contributed by atoms with Gasteiger partial charge in [-0.25, -0.2) is 0 Å². The minimum Gasteiger partial charge on any atom is -0.396 e. The van der Waals surface area contributed by atoms with Crippen LogP contribution in [0.4, 0.5) is 0 Å². The Kier molecular flexibility index (Phi) is 26.0. The Morgan fingerprint density at radius 3 is 1.51 bits per heavy atom. The number of hydrogen-bond acceptors (Lipinski definition) is 12. The molecule has 6 rings (SSSR count). The first kappa shape index (κ1) is 65.4. The van der Waals surface area contributed by atoms with Gasteiger partial charge >= 0.3 is 0 Å². The van der Waals surface area contributed by atoms with E-state index in [1.54, 1.807) is 66.4 Å². The van der Waals surface area contributed by atoms with E-state index in [-0.39, 0.29) is 43.0 Å². The standard InChI is InChI=1S/C63H92N10O10/c1-7-10-12-19-40(4)52(68-58(78)50-34-32-46-30-28-44(38-74)54(62(82)72(46)50)70-56(76)48(8-2)64-5)60(80)66-36-17-15-20-41-24-26-42(27-25-41)21-16-18-37-67-61(81)53(43-22-13-11-14-23-43)69-59(79)51-35-33-47-31-29-45(39-75)55(63(83)73(47)51)71-57(77)49(9-3)65-6/h7,10-14,19,22-27,44-55,64-65,74-75H,4,8-9,15-18,20-21,28-39H2,1-3,5-6H3,(H,66,80)(H,67,81)(H,68,78)(H,69,79)(H,70,76)(H,71,77)/b10-7-,19-12-/t44-,45-,46+,47+,48+,49+,50+,51+,52+,53+,54+,55+/m1/s1. The fraction of sp³-hybridized carbons (Fsp3) is 0.587. The second kappa shape index (κ2) is 32.9. The Hall–Kier alpha value is -6.74. The number of allylic oxidation sites excluding steroid dienone is 3. The summed E-state index contributed by atoms with van der Waals surface area (Å²) in [7, 11) is 3.35. The molecule has 0 radical (unpaired) electrons. The lowest BCUT2D eigenvalue weighted by Gasteiger charge is -2.33. The third-order valence-electron chi connectivity index (χ3n) is 17.2. The molecule has 4 saturated heterocycles. The normalized spacial score (nSPS) is 23.9. The number of likely N-dealkylation sites (N-methyl/N-ethyl adjacent to an activating group) is 2. The number of unbranched alkanes of at least 4 members (excludes halogenated alkanes) is 2. The summed E-state index contributed by atoms with van der Waals surface area (Å²) in [5, 5.41) is 44.1. The Balaban J connectivity index is 0.955. The average Bonchev–Trinajstić information content (AvgIpc) is 4.32. The molecule has 10 N–H and O–H groups in total. The van der Waals surface area contributed by atoms with Crippen molar-refractivity contribution >= 4 is 47.3 Å². The Morgan fingerprint density at radius 1 is 0.602 bits per heavy atom. The second-order valence-electron chi connectivity index (χ2n) is 22.6. The van der Waals surface area contributed by atoms with E-state index in [0.717, 1.165) is 36.8 Å². The van der Waals surface area contributed by atoms with Gasteiger partial charge in [-0.3, -0.25) is 38.4 Å². The number of amides is 8. The molecule has 8 amide bonds. The zero-order valence-corrected chi connectivity index (χ0v) is 49.3. The molecule has 4 fully saturated rings. The van der Waals surface area contributed by atoms with Crippen molar-refractivity contribution in [3.05, 3.63) is 108 Å². The molecule has 83 heavy (non-hydrogen) atoms. The maximum Gasteiger partial charge on any atom is 0.247 e. The van der Waals surface area contributed by atoms with Crippen LogP contribution in [-0.2, 0) is 51.2 Å². The zero-order valence-electron chi connectivity index (χ0n) is 49.3. The number of aryl methyl sites for hydroxylation is 2. The lowest BCUT2D eigenvalue weighted by molar-refractivity contribution is -0.144. The van der Waals surface area contributed by atoms with Crippen LogP contribution < -0.4 is 42.5 Å². The molecule has 20 heteroatoms. The van der Waals surface area contributed by atoms with Gasteiger partial charge in [-0.1, -0.05) is 99.3 Å². The number of carbonyl (C=O) groups excluding carboxylic acids is 8. The molecule has 4 heterocycles. The van der Waals surface area contributed by atoms with Crippen molar-refractivity contribution in [1.82, 2.24) is 52.3 Å². The van der Waals surface area contributed by atoms with Crippen molar-refractivity contribution in [3.63, 3.8) is 0 Å². The molecule has 0 unspecified atom stereocenters. The summed E-state index contributed by atoms with van der Waals surface area (Å²) in [6.45, 7) is 9.88. The molecule has 4 aliphatic rings. The number of hydrogen-bond donors (Lipinski definition) is 10. The molecule has 2 aromatic carbocycles. The van der Waals surface area contributed by atoms with Crippen molar-refractivity contribution < 1.29 is 48.6 Å². The van der Waals surface area contributed by atoms with Gasteiger partial charge in [0.05, 0.1) is 12.1 Å². The number of nitrogens with one attached hydrogen (secondary N) is 8. The van der Waals surface area contributed by atoms with Crippen molar-refractivity contribution in [2.75, 3.05) is 40.4 Å². The first-order chi connectivity index (χ1) is 40.1. The Bertz CT molecular complexity index is 2570. The average molecular weight is 1150 g/mol. The number of fused-ring (bicyclic) bond motifs is 2. The summed E-state index contributed by atoms with van der Waals surface area (Å²) < 4.78 is 0. The monoisotopic (exact) mass is 1150 g/mol. The minimum atomic E-state index is -1.10. The molecule has 2 aromatic rings. The van der Waals surface area contributed by atoms with E-state index in [0.29, 0.717) is 101 Å². The maximum atomic E-state index is 14.2. The molecular weight excluding hydrogens is 1060 g/mol. The van der Waals surface area contributed by atoms with Crippen LogP contribution in [0, 0.1) is 11.8 Å². The van der Waals surface area contributed by atoms with Gasteiger partial charge in [0.25, 0.3) is 0 Å². The largest absolute Gasteiger partial charge is 0.396 e. The second-order valence-corrected chi connectivity index (χ2v) is 22.6. The van der Waals surface area contributed by atoms with Gasteiger partial charge in [-0.2, -0.15) is 0 Å². The molecule has 454 valence electrons. The summed E-state index contributed by atoms with van der Waals surface area (Å²) in [5.41, 5.74) is 3.28. The van der Waals surface area contributed by atoms with Gasteiger partial charge in [0.15, 0.2) is 0 Å². The van der Waals surface area contributed by atoms with Crippen LogP contribution >= 0.6 is 0 Å². The molecule has 0 aromatic heterocycles. The third kappa shape index (κ3) is 17.4. The summed E-state index contributed by atoms with van der Waals surface area (Å²) in [6, 6.07) is 10.1. The van der Waals surface area contributed by atoms with E-state index in [1.165, 1.54) is 0 Å². The zero-order chi connectivity index (χ0) is 60.0. The van der Waals surface area contributed by atoms with Crippen LogP contribution in [0.1, 0.15) is 133 Å². The molecular formula is C63H92N10O10. The lowest BCUT2D eigenvalue weighted by atomic mass is 9.93. The first-order valence-electron chi connectivity index (χ1n) is 30.2. The highest BCUT2D eigenvalue weighted by Gasteiger charge is 2.50. The predicted octanol–water partition coefficient (Wildman–Crippen LogP) is 3.08. The SMILES string of the molecule is C=C(/C=C\C=C/C)[C@H](NC(=O)[C@@H]1CC[C@@H]2CC[C@H](CO)[C@H](NC(=O)[C@H](CC)NC)C(=O)N21)C(=O)NCCCCc1ccc(CCCCNC(=O)[C@@H](NC(=O)[C@@H]2CC[C@@H]3CC[C@H](CO)[C@H](NC(=O)[C@H](CC)NC)C(=O)N32)c2ccccc2)cc1. The van der Waals surface area contributed by atoms with Crippen LogP contribution in [0.3, 0.4) is 0 Å². The minimum absolute atomic E-state index is 0.229. The van der Waals surface area contributed by atoms with Crippen molar-refractivity contribution in [3.8, 4) is 0 Å². The summed E-state index contributed by atoms with van der Waals surface area (Å²) in [4.78, 5) is 114. The molecule has 0 saturated carbocycles. The molecule has 20 nitrogen and oxygen atoms in total. The van der Waals surface area contributed by atoms with Gasteiger partial charge in [-0.05, 0) is 146 Å². The van der Waals surface area contributed by atoms with E-state index < -0.39 is 89.7 Å². The summed E-state index contributed by atoms with van der Waals surface area (Å²) in [6.07, 6.45) is 16.8. The van der Waals surface area contributed by atoms with Crippen LogP contribution in [0.25, 0.3) is 0 Å².